The summed E-state index contributed by atoms with van der Waals surface area (Å²) in [7, 11) is 0. The number of nitrogens with two attached hydrogens (primary N) is 1. The average molecular weight is 292 g/mol. The topological polar surface area (TPSA) is 38.9 Å². The van der Waals surface area contributed by atoms with Crippen molar-refractivity contribution in [2.45, 2.75) is 43.8 Å². The molecule has 19 heavy (non-hydrogen) atoms. The molecular formula is C15H20N2S2. The van der Waals surface area contributed by atoms with Gasteiger partial charge in [-0.15, -0.1) is 23.1 Å². The molecular weight excluding hydrogens is 272 g/mol. The number of thioether (sulfide) groups is 1. The molecule has 102 valence electrons. The van der Waals surface area contributed by atoms with Crippen molar-refractivity contribution in [2.24, 2.45) is 0 Å². The second kappa shape index (κ2) is 5.55. The van der Waals surface area contributed by atoms with Crippen LogP contribution in [-0.4, -0.2) is 4.98 Å². The first-order chi connectivity index (χ1) is 8.88. The number of rotatable bonds is 3. The maximum atomic E-state index is 6.08. The van der Waals surface area contributed by atoms with Gasteiger partial charge in [0.2, 0.25) is 0 Å². The quantitative estimate of drug-likeness (QED) is 0.662. The summed E-state index contributed by atoms with van der Waals surface area (Å²) in [5, 5.41) is 3.33. The molecule has 4 heteroatoms. The smallest absolute Gasteiger partial charge is 0.103 e. The number of anilines is 1. The fourth-order valence-corrected chi connectivity index (χ4v) is 3.73. The molecule has 1 heterocycles. The molecule has 0 bridgehead atoms. The summed E-state index contributed by atoms with van der Waals surface area (Å²) in [4.78, 5) is 5.85. The van der Waals surface area contributed by atoms with Crippen LogP contribution < -0.4 is 5.73 Å². The normalized spacial score (nSPS) is 11.8. The Morgan fingerprint density at radius 3 is 2.68 bits per heavy atom. The zero-order valence-corrected chi connectivity index (χ0v) is 13.5. The van der Waals surface area contributed by atoms with Crippen LogP contribution in [0.1, 0.15) is 37.0 Å². The van der Waals surface area contributed by atoms with Crippen molar-refractivity contribution < 1.29 is 0 Å². The van der Waals surface area contributed by atoms with E-state index >= 15 is 0 Å². The third-order valence-corrected chi connectivity index (χ3v) is 5.07. The van der Waals surface area contributed by atoms with Crippen molar-refractivity contribution in [1.29, 1.82) is 0 Å². The van der Waals surface area contributed by atoms with Gasteiger partial charge in [-0.05, 0) is 18.6 Å². The lowest BCUT2D eigenvalue weighted by atomic mass is 9.93. The molecule has 2 rings (SSSR count). The molecule has 0 spiro atoms. The first-order valence-corrected chi connectivity index (χ1v) is 8.17. The Kier molecular flexibility index (Phi) is 4.21. The Labute approximate surface area is 123 Å². The van der Waals surface area contributed by atoms with E-state index in [4.69, 9.17) is 10.7 Å². The highest BCUT2D eigenvalue weighted by molar-refractivity contribution is 7.98. The monoisotopic (exact) mass is 292 g/mol. The molecule has 0 amide bonds. The number of aromatic nitrogens is 1. The number of hydrogen-bond acceptors (Lipinski definition) is 4. The molecule has 0 unspecified atom stereocenters. The molecule has 0 atom stereocenters. The standard InChI is InChI=1S/C15H20N2S2/c1-10-6-5-7-11(14(10)16)18-9-13-17-12(8-19-13)15(2,3)4/h5-8H,9,16H2,1-4H3. The van der Waals surface area contributed by atoms with Crippen molar-refractivity contribution in [1.82, 2.24) is 4.98 Å². The molecule has 0 aliphatic carbocycles. The van der Waals surface area contributed by atoms with Gasteiger partial charge in [-0.2, -0.15) is 0 Å². The molecule has 2 N–H and O–H groups in total. The third-order valence-electron chi connectivity index (χ3n) is 2.96. The highest BCUT2D eigenvalue weighted by atomic mass is 32.2. The Bertz CT molecular complexity index is 568. The van der Waals surface area contributed by atoms with Gasteiger partial charge < -0.3 is 5.73 Å². The van der Waals surface area contributed by atoms with Crippen LogP contribution in [0.4, 0.5) is 5.69 Å². The van der Waals surface area contributed by atoms with E-state index in [-0.39, 0.29) is 5.41 Å². The Morgan fingerprint density at radius 2 is 2.05 bits per heavy atom. The molecule has 0 fully saturated rings. The van der Waals surface area contributed by atoms with Crippen LogP contribution in [-0.2, 0) is 11.2 Å². The van der Waals surface area contributed by atoms with Gasteiger partial charge in [-0.25, -0.2) is 4.98 Å². The van der Waals surface area contributed by atoms with Gasteiger partial charge in [0.15, 0.2) is 0 Å². The zero-order valence-electron chi connectivity index (χ0n) is 11.9. The summed E-state index contributed by atoms with van der Waals surface area (Å²) < 4.78 is 0. The first kappa shape index (κ1) is 14.4. The van der Waals surface area contributed by atoms with Crippen LogP contribution in [0.3, 0.4) is 0 Å². The van der Waals surface area contributed by atoms with Gasteiger partial charge >= 0.3 is 0 Å². The van der Waals surface area contributed by atoms with E-state index in [0.29, 0.717) is 0 Å². The number of nitrogens with zero attached hydrogens (tertiary/aromatic N) is 1. The van der Waals surface area contributed by atoms with Gasteiger partial charge in [0.25, 0.3) is 0 Å². The SMILES string of the molecule is Cc1cccc(SCc2nc(C(C)(C)C)cs2)c1N. The van der Waals surface area contributed by atoms with E-state index in [1.165, 1.54) is 5.69 Å². The number of benzene rings is 1. The molecule has 0 saturated heterocycles. The van der Waals surface area contributed by atoms with Crippen LogP contribution in [0, 0.1) is 6.92 Å². The van der Waals surface area contributed by atoms with Gasteiger partial charge in [0, 0.05) is 21.4 Å². The number of thiazole rings is 1. The molecule has 1 aromatic heterocycles. The molecule has 0 aliphatic rings. The number of aryl methyl sites for hydroxylation is 1. The van der Waals surface area contributed by atoms with Crippen LogP contribution in [0.15, 0.2) is 28.5 Å². The Morgan fingerprint density at radius 1 is 1.32 bits per heavy atom. The number of para-hydroxylation sites is 1. The lowest BCUT2D eigenvalue weighted by Crippen LogP contribution is -2.11. The second-order valence-corrected chi connectivity index (χ2v) is 7.61. The second-order valence-electron chi connectivity index (χ2n) is 5.65. The minimum atomic E-state index is 0.127. The van der Waals surface area contributed by atoms with E-state index in [2.05, 4.69) is 38.3 Å². The van der Waals surface area contributed by atoms with E-state index in [1.807, 2.05) is 13.0 Å². The zero-order chi connectivity index (χ0) is 14.0. The first-order valence-electron chi connectivity index (χ1n) is 6.30. The third kappa shape index (κ3) is 3.51. The molecule has 2 aromatic rings. The van der Waals surface area contributed by atoms with Crippen molar-refractivity contribution in [2.75, 3.05) is 5.73 Å². The van der Waals surface area contributed by atoms with Gasteiger partial charge in [-0.1, -0.05) is 32.9 Å². The van der Waals surface area contributed by atoms with E-state index in [0.717, 1.165) is 26.9 Å². The van der Waals surface area contributed by atoms with E-state index in [9.17, 15) is 0 Å². The maximum Gasteiger partial charge on any atom is 0.103 e. The van der Waals surface area contributed by atoms with Gasteiger partial charge in [0.1, 0.15) is 5.01 Å². The fraction of sp³-hybridized carbons (Fsp3) is 0.400. The van der Waals surface area contributed by atoms with E-state index in [1.54, 1.807) is 23.1 Å². The summed E-state index contributed by atoms with van der Waals surface area (Å²) >= 11 is 3.49. The number of hydrogen-bond donors (Lipinski definition) is 1. The minimum Gasteiger partial charge on any atom is -0.398 e. The summed E-state index contributed by atoms with van der Waals surface area (Å²) in [6.45, 7) is 8.62. The molecule has 0 saturated carbocycles. The van der Waals surface area contributed by atoms with Gasteiger partial charge in [-0.3, -0.25) is 0 Å². The fourth-order valence-electron chi connectivity index (χ4n) is 1.64. The van der Waals surface area contributed by atoms with Crippen molar-refractivity contribution in [3.8, 4) is 0 Å². The van der Waals surface area contributed by atoms with Crippen LogP contribution >= 0.6 is 23.1 Å². The van der Waals surface area contributed by atoms with Crippen molar-refractivity contribution in [3.63, 3.8) is 0 Å². The minimum absolute atomic E-state index is 0.127. The van der Waals surface area contributed by atoms with Crippen molar-refractivity contribution >= 4 is 28.8 Å². The predicted molar refractivity (Wildman–Crippen MR) is 86.0 cm³/mol. The summed E-state index contributed by atoms with van der Waals surface area (Å²) in [6.07, 6.45) is 0. The maximum absolute atomic E-state index is 6.08. The van der Waals surface area contributed by atoms with Gasteiger partial charge in [0.05, 0.1) is 11.4 Å². The van der Waals surface area contributed by atoms with Crippen LogP contribution in [0.25, 0.3) is 0 Å². The molecule has 1 aromatic carbocycles. The molecule has 0 aliphatic heterocycles. The summed E-state index contributed by atoms with van der Waals surface area (Å²) in [6, 6.07) is 6.17. The van der Waals surface area contributed by atoms with Crippen LogP contribution in [0.2, 0.25) is 0 Å². The van der Waals surface area contributed by atoms with Crippen LogP contribution in [0.5, 0.6) is 0 Å². The molecule has 0 radical (unpaired) electrons. The number of nitrogen functional groups attached to an aromatic ring is 1. The summed E-state index contributed by atoms with van der Waals surface area (Å²) in [5.74, 6) is 0.883. The Balaban J connectivity index is 2.07. The average Bonchev–Trinajstić information content (AvgIpc) is 2.79. The summed E-state index contributed by atoms with van der Waals surface area (Å²) in [5.41, 5.74) is 9.41. The lowest BCUT2D eigenvalue weighted by Gasteiger charge is -2.14. The molecule has 2 nitrogen and oxygen atoms in total. The Hall–Kier alpha value is -1.00. The predicted octanol–water partition coefficient (Wildman–Crippen LogP) is 4.62. The van der Waals surface area contributed by atoms with Crippen molar-refractivity contribution in [3.05, 3.63) is 39.8 Å². The largest absolute Gasteiger partial charge is 0.398 e. The highest BCUT2D eigenvalue weighted by Gasteiger charge is 2.17. The lowest BCUT2D eigenvalue weighted by molar-refractivity contribution is 0.572. The highest BCUT2D eigenvalue weighted by Crippen LogP contribution is 2.32. The van der Waals surface area contributed by atoms with E-state index < -0.39 is 0 Å².